The van der Waals surface area contributed by atoms with Crippen molar-refractivity contribution in [1.82, 2.24) is 20.8 Å². The fourth-order valence-electron chi connectivity index (χ4n) is 2.74. The summed E-state index contributed by atoms with van der Waals surface area (Å²) in [5, 5.41) is 13.9. The molecule has 0 unspecified atom stereocenters. The number of ketones is 2. The molecule has 1 aromatic carbocycles. The molecule has 3 rings (SSSR count). The van der Waals surface area contributed by atoms with Crippen molar-refractivity contribution in [2.75, 3.05) is 31.5 Å². The summed E-state index contributed by atoms with van der Waals surface area (Å²) in [5.41, 5.74) is 0.609. The molecule has 2 aromatic rings. The van der Waals surface area contributed by atoms with E-state index in [-0.39, 0.29) is 34.6 Å². The molecule has 0 bridgehead atoms. The van der Waals surface area contributed by atoms with Crippen LogP contribution in [-0.4, -0.2) is 59.8 Å². The molecule has 1 aliphatic carbocycles. The predicted octanol–water partition coefficient (Wildman–Crippen LogP) is 1.95. The molecule has 4 N–H and O–H groups in total. The zero-order valence-corrected chi connectivity index (χ0v) is 17.5. The lowest BCUT2D eigenvalue weighted by Crippen LogP contribution is -2.30. The SMILES string of the molecule is CNC(=O)c1[nH]nc2c1C(=O)C(SCCCOCNC(=O)Nc1ccccc1)=CC2=O. The van der Waals surface area contributed by atoms with Crippen LogP contribution < -0.4 is 16.0 Å². The Kier molecular flexibility index (Phi) is 7.57. The molecule has 0 spiro atoms. The van der Waals surface area contributed by atoms with Crippen molar-refractivity contribution in [2.24, 2.45) is 0 Å². The van der Waals surface area contributed by atoms with Crippen LogP contribution >= 0.6 is 11.8 Å². The highest BCUT2D eigenvalue weighted by molar-refractivity contribution is 8.04. The summed E-state index contributed by atoms with van der Waals surface area (Å²) in [4.78, 5) is 48.8. The fraction of sp³-hybridized carbons (Fsp3) is 0.250. The standard InChI is InChI=1S/C20H21N5O5S/c1-21-19(28)17-15-16(24-25-17)13(26)10-14(18(15)27)31-9-5-8-30-11-22-20(29)23-12-6-3-2-4-7-12/h2-4,6-7,10H,5,8-9,11H2,1H3,(H,21,28)(H,24,25)(H2,22,23,29). The van der Waals surface area contributed by atoms with E-state index in [2.05, 4.69) is 26.1 Å². The molecule has 0 saturated carbocycles. The van der Waals surface area contributed by atoms with E-state index in [0.29, 0.717) is 24.5 Å². The number of H-pyrrole nitrogens is 1. The van der Waals surface area contributed by atoms with Crippen LogP contribution in [0.3, 0.4) is 0 Å². The van der Waals surface area contributed by atoms with Gasteiger partial charge < -0.3 is 20.7 Å². The minimum Gasteiger partial charge on any atom is -0.361 e. The number of hydrogen-bond acceptors (Lipinski definition) is 7. The zero-order valence-electron chi connectivity index (χ0n) is 16.7. The Hall–Kier alpha value is -3.44. The van der Waals surface area contributed by atoms with Crippen molar-refractivity contribution in [1.29, 1.82) is 0 Å². The number of fused-ring (bicyclic) bond motifs is 1. The van der Waals surface area contributed by atoms with Gasteiger partial charge in [-0.15, -0.1) is 11.8 Å². The van der Waals surface area contributed by atoms with Gasteiger partial charge in [0.2, 0.25) is 11.6 Å². The van der Waals surface area contributed by atoms with Gasteiger partial charge in [0.05, 0.1) is 10.5 Å². The largest absolute Gasteiger partial charge is 0.361 e. The Balaban J connectivity index is 1.39. The topological polar surface area (TPSA) is 142 Å². The van der Waals surface area contributed by atoms with Gasteiger partial charge in [-0.1, -0.05) is 18.2 Å². The van der Waals surface area contributed by atoms with Crippen molar-refractivity contribution < 1.29 is 23.9 Å². The van der Waals surface area contributed by atoms with Gasteiger partial charge in [0.15, 0.2) is 0 Å². The van der Waals surface area contributed by atoms with Gasteiger partial charge in [-0.25, -0.2) is 4.79 Å². The van der Waals surface area contributed by atoms with E-state index in [4.69, 9.17) is 4.74 Å². The number of anilines is 1. The number of allylic oxidation sites excluding steroid dienone is 2. The third-order valence-corrected chi connectivity index (χ3v) is 5.33. The van der Waals surface area contributed by atoms with Crippen LogP contribution in [0.1, 0.15) is 37.8 Å². The fourth-order valence-corrected chi connectivity index (χ4v) is 3.65. The molecule has 0 aliphatic heterocycles. The number of carbonyl (C=O) groups excluding carboxylic acids is 4. The highest BCUT2D eigenvalue weighted by Gasteiger charge is 2.33. The lowest BCUT2D eigenvalue weighted by molar-refractivity contribution is 0.0945. The Morgan fingerprint density at radius 2 is 1.97 bits per heavy atom. The number of rotatable bonds is 9. The Morgan fingerprint density at radius 1 is 1.19 bits per heavy atom. The van der Waals surface area contributed by atoms with Crippen molar-refractivity contribution >= 4 is 41.0 Å². The number of aromatic nitrogens is 2. The third-order valence-electron chi connectivity index (χ3n) is 4.22. The molecule has 31 heavy (non-hydrogen) atoms. The summed E-state index contributed by atoms with van der Waals surface area (Å²) in [7, 11) is 1.43. The predicted molar refractivity (Wildman–Crippen MR) is 115 cm³/mol. The molecule has 0 fully saturated rings. The molecular weight excluding hydrogens is 422 g/mol. The number of thioether (sulfide) groups is 1. The number of urea groups is 1. The van der Waals surface area contributed by atoms with Crippen LogP contribution in [0.4, 0.5) is 10.5 Å². The highest BCUT2D eigenvalue weighted by atomic mass is 32.2. The van der Waals surface area contributed by atoms with E-state index in [1.165, 1.54) is 24.9 Å². The van der Waals surface area contributed by atoms with Crippen LogP contribution in [0.25, 0.3) is 0 Å². The first-order chi connectivity index (χ1) is 15.0. The summed E-state index contributed by atoms with van der Waals surface area (Å²) in [6.07, 6.45) is 1.83. The van der Waals surface area contributed by atoms with Crippen LogP contribution in [-0.2, 0) is 4.74 Å². The van der Waals surface area contributed by atoms with E-state index in [0.717, 1.165) is 0 Å². The minimum atomic E-state index is -0.515. The number of ether oxygens (including phenoxy) is 1. The van der Waals surface area contributed by atoms with Gasteiger partial charge in [-0.2, -0.15) is 5.10 Å². The molecule has 3 amide bonds. The zero-order chi connectivity index (χ0) is 22.2. The van der Waals surface area contributed by atoms with Crippen LogP contribution in [0, 0.1) is 0 Å². The lowest BCUT2D eigenvalue weighted by atomic mass is 9.99. The second kappa shape index (κ2) is 10.5. The van der Waals surface area contributed by atoms with Gasteiger partial charge in [0.25, 0.3) is 5.91 Å². The molecule has 0 radical (unpaired) electrons. The molecule has 0 atom stereocenters. The first kappa shape index (κ1) is 22.2. The van der Waals surface area contributed by atoms with Crippen LogP contribution in [0.15, 0.2) is 41.3 Å². The number of benzene rings is 1. The van der Waals surface area contributed by atoms with Gasteiger partial charge >= 0.3 is 6.03 Å². The molecule has 0 saturated heterocycles. The number of para-hydroxylation sites is 1. The van der Waals surface area contributed by atoms with Gasteiger partial charge in [-0.3, -0.25) is 19.5 Å². The Labute approximate surface area is 182 Å². The number of nitrogens with one attached hydrogen (secondary N) is 4. The van der Waals surface area contributed by atoms with E-state index in [1.807, 2.05) is 18.2 Å². The second-order valence-corrected chi connectivity index (χ2v) is 7.49. The van der Waals surface area contributed by atoms with Crippen LogP contribution in [0.5, 0.6) is 0 Å². The van der Waals surface area contributed by atoms with Crippen molar-refractivity contribution in [2.45, 2.75) is 6.42 Å². The minimum absolute atomic E-state index is 0.000714. The van der Waals surface area contributed by atoms with Crippen LogP contribution in [0.2, 0.25) is 0 Å². The monoisotopic (exact) mass is 443 g/mol. The Morgan fingerprint density at radius 3 is 2.71 bits per heavy atom. The van der Waals surface area contributed by atoms with Gasteiger partial charge in [0.1, 0.15) is 18.1 Å². The average molecular weight is 443 g/mol. The number of nitrogens with zero attached hydrogens (tertiary/aromatic N) is 1. The molecule has 1 heterocycles. The van der Waals surface area contributed by atoms with Gasteiger partial charge in [-0.05, 0) is 18.6 Å². The average Bonchev–Trinajstić information content (AvgIpc) is 3.22. The third kappa shape index (κ3) is 5.58. The maximum absolute atomic E-state index is 12.7. The van der Waals surface area contributed by atoms with Crippen molar-refractivity contribution in [3.8, 4) is 0 Å². The summed E-state index contributed by atoms with van der Waals surface area (Å²) in [6.45, 7) is 0.395. The summed E-state index contributed by atoms with van der Waals surface area (Å²) >= 11 is 1.21. The smallest absolute Gasteiger partial charge is 0.321 e. The first-order valence-electron chi connectivity index (χ1n) is 9.43. The molecule has 11 heteroatoms. The highest BCUT2D eigenvalue weighted by Crippen LogP contribution is 2.29. The maximum Gasteiger partial charge on any atom is 0.321 e. The van der Waals surface area contributed by atoms with Gasteiger partial charge in [0, 0.05) is 31.2 Å². The van der Waals surface area contributed by atoms with E-state index in [9.17, 15) is 19.2 Å². The van der Waals surface area contributed by atoms with E-state index < -0.39 is 17.5 Å². The van der Waals surface area contributed by atoms with Crippen molar-refractivity contribution in [3.05, 3.63) is 58.3 Å². The number of aromatic amines is 1. The summed E-state index contributed by atoms with van der Waals surface area (Å²) < 4.78 is 5.36. The normalized spacial score (nSPS) is 12.7. The number of amides is 3. The lowest BCUT2D eigenvalue weighted by Gasteiger charge is -2.12. The van der Waals surface area contributed by atoms with E-state index >= 15 is 0 Å². The first-order valence-corrected chi connectivity index (χ1v) is 10.4. The Bertz CT molecular complexity index is 1020. The van der Waals surface area contributed by atoms with Crippen molar-refractivity contribution in [3.63, 3.8) is 0 Å². The summed E-state index contributed by atoms with van der Waals surface area (Å²) in [5.74, 6) is -0.831. The number of Topliss-reactive ketones (excluding diaryl/α,β-unsaturated/α-hetero) is 1. The number of carbonyl (C=O) groups is 4. The molecule has 1 aliphatic rings. The second-order valence-electron chi connectivity index (χ2n) is 6.35. The number of hydrogen-bond donors (Lipinski definition) is 4. The summed E-state index contributed by atoms with van der Waals surface area (Å²) in [6, 6.07) is 8.65. The quantitative estimate of drug-likeness (QED) is 0.343. The molecular formula is C20H21N5O5S. The van der Waals surface area contributed by atoms with E-state index in [1.54, 1.807) is 12.1 Å². The molecule has 162 valence electrons. The molecule has 10 nitrogen and oxygen atoms in total. The maximum atomic E-state index is 12.7. The molecule has 1 aromatic heterocycles.